The van der Waals surface area contributed by atoms with Crippen LogP contribution in [0.25, 0.3) is 11.4 Å². The molecular weight excluding hydrogens is 245 g/mol. The number of aromatic nitrogens is 2. The molecule has 0 amide bonds. The van der Waals surface area contributed by atoms with E-state index in [0.717, 1.165) is 6.07 Å². The third-order valence-electron chi connectivity index (χ3n) is 2.03. The molecule has 7 heteroatoms. The summed E-state index contributed by atoms with van der Waals surface area (Å²) in [7, 11) is -3.92. The molecule has 0 aliphatic rings. The molecule has 0 saturated heterocycles. The van der Waals surface area contributed by atoms with Crippen molar-refractivity contribution >= 4 is 10.0 Å². The fourth-order valence-electron chi connectivity index (χ4n) is 1.35. The average molecular weight is 253 g/mol. The minimum absolute atomic E-state index is 0.0366. The van der Waals surface area contributed by atoms with Gasteiger partial charge in [-0.1, -0.05) is 6.07 Å². The van der Waals surface area contributed by atoms with Gasteiger partial charge in [-0.2, -0.15) is 4.39 Å². The number of nitrogens with two attached hydrogens (primary N) is 1. The number of halogens is 1. The van der Waals surface area contributed by atoms with E-state index in [1.165, 1.54) is 30.5 Å². The fraction of sp³-hybridized carbons (Fsp3) is 0. The van der Waals surface area contributed by atoms with Gasteiger partial charge in [-0.3, -0.25) is 4.98 Å². The van der Waals surface area contributed by atoms with Gasteiger partial charge in [-0.15, -0.1) is 0 Å². The maximum atomic E-state index is 13.0. The molecular formula is C10H8FN3O2S. The van der Waals surface area contributed by atoms with Crippen molar-refractivity contribution in [1.29, 1.82) is 0 Å². The molecule has 0 saturated carbocycles. The second kappa shape index (κ2) is 4.19. The smallest absolute Gasteiger partial charge is 0.240 e. The lowest BCUT2D eigenvalue weighted by Crippen LogP contribution is -2.14. The van der Waals surface area contributed by atoms with Crippen LogP contribution in [0.1, 0.15) is 0 Å². The molecule has 5 nitrogen and oxygen atoms in total. The van der Waals surface area contributed by atoms with E-state index in [0.29, 0.717) is 0 Å². The predicted molar refractivity (Wildman–Crippen MR) is 58.8 cm³/mol. The van der Waals surface area contributed by atoms with Crippen molar-refractivity contribution in [3.63, 3.8) is 0 Å². The lowest BCUT2D eigenvalue weighted by Gasteiger charge is -2.05. The minimum atomic E-state index is -3.92. The Kier molecular flexibility index (Phi) is 2.86. The normalized spacial score (nSPS) is 11.4. The molecule has 0 aliphatic carbocycles. The zero-order valence-electron chi connectivity index (χ0n) is 8.54. The summed E-state index contributed by atoms with van der Waals surface area (Å²) in [5, 5.41) is 5.04. The molecule has 2 heterocycles. The highest BCUT2D eigenvalue weighted by Crippen LogP contribution is 2.22. The average Bonchev–Trinajstić information content (AvgIpc) is 2.28. The van der Waals surface area contributed by atoms with Gasteiger partial charge in [0.25, 0.3) is 0 Å². The molecule has 0 aliphatic heterocycles. The van der Waals surface area contributed by atoms with Crippen LogP contribution < -0.4 is 5.14 Å². The Morgan fingerprint density at radius 2 is 1.94 bits per heavy atom. The van der Waals surface area contributed by atoms with E-state index in [2.05, 4.69) is 9.97 Å². The van der Waals surface area contributed by atoms with Crippen molar-refractivity contribution in [3.8, 4) is 11.4 Å². The summed E-state index contributed by atoms with van der Waals surface area (Å²) >= 11 is 0. The van der Waals surface area contributed by atoms with Crippen LogP contribution in [0.5, 0.6) is 0 Å². The van der Waals surface area contributed by atoms with E-state index in [1.807, 2.05) is 0 Å². The Morgan fingerprint density at radius 1 is 1.18 bits per heavy atom. The van der Waals surface area contributed by atoms with Gasteiger partial charge in [0.1, 0.15) is 10.6 Å². The molecule has 0 spiro atoms. The fourth-order valence-corrected chi connectivity index (χ4v) is 2.05. The first kappa shape index (κ1) is 11.6. The zero-order valence-corrected chi connectivity index (χ0v) is 9.36. The van der Waals surface area contributed by atoms with Gasteiger partial charge < -0.3 is 0 Å². The van der Waals surface area contributed by atoms with Crippen molar-refractivity contribution in [3.05, 3.63) is 42.5 Å². The lowest BCUT2D eigenvalue weighted by atomic mass is 10.2. The molecule has 0 bridgehead atoms. The summed E-state index contributed by atoms with van der Waals surface area (Å²) in [6.07, 6.45) is 1.39. The van der Waals surface area contributed by atoms with Gasteiger partial charge >= 0.3 is 0 Å². The molecule has 2 aromatic heterocycles. The molecule has 0 aromatic carbocycles. The number of nitrogens with zero attached hydrogens (tertiary/aromatic N) is 2. The van der Waals surface area contributed by atoms with Crippen LogP contribution in [-0.4, -0.2) is 18.4 Å². The summed E-state index contributed by atoms with van der Waals surface area (Å²) < 4.78 is 35.6. The van der Waals surface area contributed by atoms with E-state index in [4.69, 9.17) is 5.14 Å². The molecule has 2 aromatic rings. The van der Waals surface area contributed by atoms with E-state index >= 15 is 0 Å². The van der Waals surface area contributed by atoms with Crippen LogP contribution in [0.3, 0.4) is 0 Å². The number of primary sulfonamides is 1. The van der Waals surface area contributed by atoms with E-state index in [9.17, 15) is 12.8 Å². The quantitative estimate of drug-likeness (QED) is 0.807. The summed E-state index contributed by atoms with van der Waals surface area (Å²) in [6.45, 7) is 0. The maximum Gasteiger partial charge on any atom is 0.240 e. The Labute approximate surface area is 97.2 Å². The third kappa shape index (κ3) is 2.45. The Balaban J connectivity index is 2.69. The summed E-state index contributed by atoms with van der Waals surface area (Å²) in [4.78, 5) is 7.25. The summed E-state index contributed by atoms with van der Waals surface area (Å²) in [6, 6.07) is 6.76. The van der Waals surface area contributed by atoms with Crippen molar-refractivity contribution in [2.45, 2.75) is 4.90 Å². The van der Waals surface area contributed by atoms with Crippen molar-refractivity contribution in [1.82, 2.24) is 9.97 Å². The van der Waals surface area contributed by atoms with Crippen molar-refractivity contribution in [2.24, 2.45) is 5.14 Å². The van der Waals surface area contributed by atoms with E-state index < -0.39 is 16.0 Å². The maximum absolute atomic E-state index is 13.0. The van der Waals surface area contributed by atoms with E-state index in [1.54, 1.807) is 0 Å². The van der Waals surface area contributed by atoms with Gasteiger partial charge in [0.2, 0.25) is 16.0 Å². The Hall–Kier alpha value is -1.86. The van der Waals surface area contributed by atoms with Crippen molar-refractivity contribution < 1.29 is 12.8 Å². The summed E-state index contributed by atoms with van der Waals surface area (Å²) in [5.74, 6) is -0.714. The molecule has 0 radical (unpaired) electrons. The number of rotatable bonds is 2. The number of hydrogen-bond donors (Lipinski definition) is 1. The molecule has 17 heavy (non-hydrogen) atoms. The minimum Gasteiger partial charge on any atom is -0.253 e. The van der Waals surface area contributed by atoms with Crippen molar-refractivity contribution in [2.75, 3.05) is 0 Å². The van der Waals surface area contributed by atoms with Gasteiger partial charge in [0, 0.05) is 6.20 Å². The van der Waals surface area contributed by atoms with Crippen LogP contribution >= 0.6 is 0 Å². The topological polar surface area (TPSA) is 85.9 Å². The van der Waals surface area contributed by atoms with Gasteiger partial charge in [-0.25, -0.2) is 18.5 Å². The first-order chi connectivity index (χ1) is 7.98. The van der Waals surface area contributed by atoms with Crippen LogP contribution in [0.2, 0.25) is 0 Å². The number of sulfonamides is 1. The highest BCUT2D eigenvalue weighted by molar-refractivity contribution is 7.89. The van der Waals surface area contributed by atoms with Crippen LogP contribution in [-0.2, 0) is 10.0 Å². The molecule has 0 atom stereocenters. The first-order valence-electron chi connectivity index (χ1n) is 4.59. The monoisotopic (exact) mass is 253 g/mol. The van der Waals surface area contributed by atoms with Crippen LogP contribution in [0.4, 0.5) is 4.39 Å². The standard InChI is InChI=1S/C10H8FN3O2S/c11-9-5-1-3-7(14-9)10-8(17(12,15)16)4-2-6-13-10/h1-6H,(H2,12,15,16). The molecule has 2 N–H and O–H groups in total. The highest BCUT2D eigenvalue weighted by Gasteiger charge is 2.16. The Morgan fingerprint density at radius 3 is 2.59 bits per heavy atom. The van der Waals surface area contributed by atoms with Gasteiger partial charge in [0.05, 0.1) is 5.69 Å². The van der Waals surface area contributed by atoms with Crippen LogP contribution in [0.15, 0.2) is 41.4 Å². The molecule has 2 rings (SSSR count). The Bertz CT molecular complexity index is 658. The number of pyridine rings is 2. The van der Waals surface area contributed by atoms with Crippen LogP contribution in [0, 0.1) is 5.95 Å². The zero-order chi connectivity index (χ0) is 12.5. The second-order valence-corrected chi connectivity index (χ2v) is 4.77. The first-order valence-corrected chi connectivity index (χ1v) is 6.14. The summed E-state index contributed by atoms with van der Waals surface area (Å²) in [5.41, 5.74) is 0.157. The largest absolute Gasteiger partial charge is 0.253 e. The van der Waals surface area contributed by atoms with Gasteiger partial charge in [-0.05, 0) is 24.3 Å². The SMILES string of the molecule is NS(=O)(=O)c1cccnc1-c1cccc(F)n1. The molecule has 88 valence electrons. The highest BCUT2D eigenvalue weighted by atomic mass is 32.2. The third-order valence-corrected chi connectivity index (χ3v) is 2.98. The number of hydrogen-bond acceptors (Lipinski definition) is 4. The second-order valence-electron chi connectivity index (χ2n) is 3.24. The van der Waals surface area contributed by atoms with E-state index in [-0.39, 0.29) is 16.3 Å². The molecule has 0 fully saturated rings. The lowest BCUT2D eigenvalue weighted by molar-refractivity contribution is 0.584. The molecule has 0 unspecified atom stereocenters. The van der Waals surface area contributed by atoms with Gasteiger partial charge in [0.15, 0.2) is 0 Å². The predicted octanol–water partition coefficient (Wildman–Crippen LogP) is 0.930.